The summed E-state index contributed by atoms with van der Waals surface area (Å²) in [5.41, 5.74) is 0.953. The molecule has 0 aromatic heterocycles. The molecule has 6 heteroatoms. The molecule has 1 unspecified atom stereocenters. The van der Waals surface area contributed by atoms with Crippen molar-refractivity contribution in [2.75, 3.05) is 45.4 Å². The number of benzene rings is 1. The van der Waals surface area contributed by atoms with E-state index >= 15 is 0 Å². The van der Waals surface area contributed by atoms with Crippen molar-refractivity contribution in [3.63, 3.8) is 0 Å². The normalized spacial score (nSPS) is 14.3. The second-order valence-electron chi connectivity index (χ2n) is 5.53. The Bertz CT molecular complexity index is 504. The molecule has 1 heterocycles. The van der Waals surface area contributed by atoms with Crippen molar-refractivity contribution >= 4 is 11.7 Å². The van der Waals surface area contributed by atoms with E-state index in [2.05, 4.69) is 9.80 Å². The third-order valence-corrected chi connectivity index (χ3v) is 3.45. The highest BCUT2D eigenvalue weighted by atomic mass is 16.7. The highest BCUT2D eigenvalue weighted by Crippen LogP contribution is 2.35. The van der Waals surface area contributed by atoms with Crippen LogP contribution in [0.5, 0.6) is 11.5 Å². The molecule has 21 heavy (non-hydrogen) atoms. The quantitative estimate of drug-likeness (QED) is 0.822. The van der Waals surface area contributed by atoms with Crippen LogP contribution in [-0.2, 0) is 4.79 Å². The molecule has 116 valence electrons. The summed E-state index contributed by atoms with van der Waals surface area (Å²) in [7, 11) is 4.00. The number of fused-ring (bicyclic) bond motifs is 1. The number of nitrogens with zero attached hydrogens (tertiary/aromatic N) is 2. The molecule has 0 aliphatic carbocycles. The number of likely N-dealkylation sites (N-methyl/N-ethyl adjacent to an activating group) is 1. The van der Waals surface area contributed by atoms with Crippen molar-refractivity contribution in [1.82, 2.24) is 4.90 Å². The summed E-state index contributed by atoms with van der Waals surface area (Å²) < 4.78 is 10.7. The Kier molecular flexibility index (Phi) is 4.90. The highest BCUT2D eigenvalue weighted by molar-refractivity contribution is 5.70. The molecule has 1 N–H and O–H groups in total. The lowest BCUT2D eigenvalue weighted by molar-refractivity contribution is -0.140. The number of rotatable bonds is 7. The first-order valence-electron chi connectivity index (χ1n) is 6.99. The van der Waals surface area contributed by atoms with Crippen molar-refractivity contribution in [3.05, 3.63) is 18.2 Å². The molecule has 0 fully saturated rings. The van der Waals surface area contributed by atoms with Crippen LogP contribution in [-0.4, -0.2) is 56.5 Å². The minimum absolute atomic E-state index is 0.238. The number of hydrogen-bond acceptors (Lipinski definition) is 5. The van der Waals surface area contributed by atoms with Crippen molar-refractivity contribution in [3.8, 4) is 11.5 Å². The SMILES string of the molecule is CC(CN(CCN(C)C)c1ccc2c(c1)OCO2)C(=O)O. The highest BCUT2D eigenvalue weighted by Gasteiger charge is 2.20. The van der Waals surface area contributed by atoms with Crippen LogP contribution >= 0.6 is 0 Å². The minimum Gasteiger partial charge on any atom is -0.481 e. The van der Waals surface area contributed by atoms with Gasteiger partial charge in [-0.2, -0.15) is 0 Å². The van der Waals surface area contributed by atoms with E-state index in [1.165, 1.54) is 0 Å². The summed E-state index contributed by atoms with van der Waals surface area (Å²) >= 11 is 0. The number of carbonyl (C=O) groups is 1. The Morgan fingerprint density at radius 3 is 2.67 bits per heavy atom. The van der Waals surface area contributed by atoms with Crippen LogP contribution in [0, 0.1) is 5.92 Å². The zero-order chi connectivity index (χ0) is 15.4. The molecule has 0 saturated carbocycles. The van der Waals surface area contributed by atoms with E-state index in [0.29, 0.717) is 12.3 Å². The summed E-state index contributed by atoms with van der Waals surface area (Å²) in [5, 5.41) is 9.13. The van der Waals surface area contributed by atoms with Gasteiger partial charge in [0.2, 0.25) is 6.79 Å². The predicted molar refractivity (Wildman–Crippen MR) is 80.1 cm³/mol. The average molecular weight is 294 g/mol. The van der Waals surface area contributed by atoms with E-state index in [0.717, 1.165) is 24.5 Å². The van der Waals surface area contributed by atoms with E-state index < -0.39 is 11.9 Å². The van der Waals surface area contributed by atoms with Crippen molar-refractivity contribution in [2.24, 2.45) is 5.92 Å². The minimum atomic E-state index is -0.786. The van der Waals surface area contributed by atoms with Gasteiger partial charge in [-0.15, -0.1) is 0 Å². The molecule has 1 aromatic rings. The predicted octanol–water partition coefficient (Wildman–Crippen LogP) is 1.50. The zero-order valence-corrected chi connectivity index (χ0v) is 12.7. The van der Waals surface area contributed by atoms with Gasteiger partial charge in [0, 0.05) is 31.4 Å². The molecule has 0 bridgehead atoms. The summed E-state index contributed by atoms with van der Waals surface area (Å²) in [6.45, 7) is 4.02. The first-order valence-corrected chi connectivity index (χ1v) is 6.99. The molecule has 1 aliphatic heterocycles. The Hall–Kier alpha value is -1.95. The van der Waals surface area contributed by atoms with Crippen molar-refractivity contribution in [1.29, 1.82) is 0 Å². The lowest BCUT2D eigenvalue weighted by atomic mass is 10.1. The molecular formula is C15H22N2O4. The summed E-state index contributed by atoms with van der Waals surface area (Å²) in [6.07, 6.45) is 0. The smallest absolute Gasteiger partial charge is 0.308 e. The largest absolute Gasteiger partial charge is 0.481 e. The Morgan fingerprint density at radius 1 is 1.29 bits per heavy atom. The second kappa shape index (κ2) is 6.67. The number of anilines is 1. The lowest BCUT2D eigenvalue weighted by Crippen LogP contribution is -2.36. The van der Waals surface area contributed by atoms with Gasteiger partial charge in [-0.25, -0.2) is 0 Å². The fraction of sp³-hybridized carbons (Fsp3) is 0.533. The van der Waals surface area contributed by atoms with E-state index in [4.69, 9.17) is 14.6 Å². The topological polar surface area (TPSA) is 62.2 Å². The lowest BCUT2D eigenvalue weighted by Gasteiger charge is -2.28. The van der Waals surface area contributed by atoms with Crippen LogP contribution in [0.1, 0.15) is 6.92 Å². The monoisotopic (exact) mass is 294 g/mol. The van der Waals surface area contributed by atoms with E-state index in [9.17, 15) is 4.79 Å². The molecule has 1 aromatic carbocycles. The van der Waals surface area contributed by atoms with Crippen molar-refractivity contribution in [2.45, 2.75) is 6.92 Å². The van der Waals surface area contributed by atoms with Crippen LogP contribution < -0.4 is 14.4 Å². The van der Waals surface area contributed by atoms with Gasteiger partial charge in [-0.1, -0.05) is 6.92 Å². The standard InChI is InChI=1S/C15H22N2O4/c1-11(15(18)19)9-17(7-6-16(2)3)12-4-5-13-14(8-12)21-10-20-13/h4-5,8,11H,6-7,9-10H2,1-3H3,(H,18,19). The van der Waals surface area contributed by atoms with Crippen molar-refractivity contribution < 1.29 is 19.4 Å². The maximum absolute atomic E-state index is 11.1. The molecule has 2 rings (SSSR count). The van der Waals surface area contributed by atoms with Crippen LogP contribution in [0.3, 0.4) is 0 Å². The zero-order valence-electron chi connectivity index (χ0n) is 12.7. The molecular weight excluding hydrogens is 272 g/mol. The Balaban J connectivity index is 2.15. The first-order chi connectivity index (χ1) is 9.97. The molecule has 6 nitrogen and oxygen atoms in total. The molecule has 1 aliphatic rings. The molecule has 0 radical (unpaired) electrons. The third-order valence-electron chi connectivity index (χ3n) is 3.45. The van der Waals surface area contributed by atoms with E-state index in [-0.39, 0.29) is 6.79 Å². The van der Waals surface area contributed by atoms with Gasteiger partial charge in [-0.05, 0) is 26.2 Å². The number of carboxylic acids is 1. The summed E-state index contributed by atoms with van der Waals surface area (Å²) in [5.74, 6) is 0.228. The molecule has 0 amide bonds. The number of hydrogen-bond donors (Lipinski definition) is 1. The van der Waals surface area contributed by atoms with Gasteiger partial charge >= 0.3 is 5.97 Å². The van der Waals surface area contributed by atoms with Gasteiger partial charge in [0.1, 0.15) is 0 Å². The summed E-state index contributed by atoms with van der Waals surface area (Å²) in [4.78, 5) is 15.3. The molecule has 0 saturated heterocycles. The second-order valence-corrected chi connectivity index (χ2v) is 5.53. The third kappa shape index (κ3) is 4.01. The van der Waals surface area contributed by atoms with Crippen LogP contribution in [0.25, 0.3) is 0 Å². The summed E-state index contributed by atoms with van der Waals surface area (Å²) in [6, 6.07) is 5.72. The van der Waals surface area contributed by atoms with Gasteiger partial charge < -0.3 is 24.4 Å². The average Bonchev–Trinajstić information content (AvgIpc) is 2.89. The first kappa shape index (κ1) is 15.4. The van der Waals surface area contributed by atoms with Crippen LogP contribution in [0.15, 0.2) is 18.2 Å². The van der Waals surface area contributed by atoms with E-state index in [1.54, 1.807) is 6.92 Å². The maximum Gasteiger partial charge on any atom is 0.308 e. The number of aliphatic carboxylic acids is 1. The number of carboxylic acid groups (broad SMARTS) is 1. The Labute approximate surface area is 124 Å². The van der Waals surface area contributed by atoms with Gasteiger partial charge in [0.25, 0.3) is 0 Å². The van der Waals surface area contributed by atoms with E-state index in [1.807, 2.05) is 32.3 Å². The van der Waals surface area contributed by atoms with Gasteiger partial charge in [-0.3, -0.25) is 4.79 Å². The molecule has 0 spiro atoms. The fourth-order valence-corrected chi connectivity index (χ4v) is 2.14. The van der Waals surface area contributed by atoms with Crippen LogP contribution in [0.4, 0.5) is 5.69 Å². The maximum atomic E-state index is 11.1. The van der Waals surface area contributed by atoms with Gasteiger partial charge in [0.05, 0.1) is 5.92 Å². The fourth-order valence-electron chi connectivity index (χ4n) is 2.14. The van der Waals surface area contributed by atoms with Gasteiger partial charge in [0.15, 0.2) is 11.5 Å². The molecule has 1 atom stereocenters. The van der Waals surface area contributed by atoms with Crippen LogP contribution in [0.2, 0.25) is 0 Å². The number of ether oxygens (including phenoxy) is 2. The Morgan fingerprint density at radius 2 is 2.00 bits per heavy atom.